The standard InChI is InChI=1S/C22H21NO10/c1-12(24)23-16-9-7-6-8-13(16)19(27)22(23,14(20(28)32-4)10-17(25)30-2)15(21(29)33-5)11-18(26)31-3/h6-11H,1-5H3/b14-10-,15-11?. The van der Waals surface area contributed by atoms with Gasteiger partial charge in [0.25, 0.3) is 0 Å². The van der Waals surface area contributed by atoms with Crippen LogP contribution >= 0.6 is 0 Å². The summed E-state index contributed by atoms with van der Waals surface area (Å²) in [5, 5.41) is 0. The molecule has 0 aromatic heterocycles. The normalized spacial score (nSPS) is 17.7. The van der Waals surface area contributed by atoms with Crippen molar-refractivity contribution < 1.29 is 47.7 Å². The Kier molecular flexibility index (Phi) is 7.49. The predicted molar refractivity (Wildman–Crippen MR) is 111 cm³/mol. The minimum Gasteiger partial charge on any atom is -0.466 e. The number of fused-ring (bicyclic) bond motifs is 1. The first-order valence-electron chi connectivity index (χ1n) is 9.33. The minimum absolute atomic E-state index is 0.0225. The van der Waals surface area contributed by atoms with Gasteiger partial charge in [0.2, 0.25) is 11.7 Å². The van der Waals surface area contributed by atoms with E-state index in [1.54, 1.807) is 0 Å². The molecule has 1 unspecified atom stereocenters. The number of para-hydroxylation sites is 1. The molecule has 0 N–H and O–H groups in total. The topological polar surface area (TPSA) is 143 Å². The van der Waals surface area contributed by atoms with E-state index in [0.717, 1.165) is 40.3 Å². The molecule has 1 atom stereocenters. The van der Waals surface area contributed by atoms with E-state index in [1.165, 1.54) is 24.3 Å². The lowest BCUT2D eigenvalue weighted by Crippen LogP contribution is -2.59. The number of ether oxygens (including phenoxy) is 4. The number of hydrogen-bond donors (Lipinski definition) is 0. The molecule has 0 radical (unpaired) electrons. The number of Topliss-reactive ketones (excluding diaryl/α,β-unsaturated/α-hetero) is 1. The van der Waals surface area contributed by atoms with Crippen molar-refractivity contribution in [3.05, 3.63) is 53.1 Å². The summed E-state index contributed by atoms with van der Waals surface area (Å²) in [4.78, 5) is 77.8. The molecule has 0 spiro atoms. The molecule has 0 fully saturated rings. The Hall–Kier alpha value is -4.28. The van der Waals surface area contributed by atoms with Crippen molar-refractivity contribution in [1.29, 1.82) is 0 Å². The summed E-state index contributed by atoms with van der Waals surface area (Å²) in [6.07, 6.45) is 1.22. The lowest BCUT2D eigenvalue weighted by atomic mass is 9.76. The van der Waals surface area contributed by atoms with E-state index in [-0.39, 0.29) is 11.3 Å². The van der Waals surface area contributed by atoms with E-state index in [4.69, 9.17) is 9.47 Å². The van der Waals surface area contributed by atoms with Gasteiger partial charge in [-0.2, -0.15) is 0 Å². The first-order valence-corrected chi connectivity index (χ1v) is 9.33. The van der Waals surface area contributed by atoms with Crippen LogP contribution in [-0.2, 0) is 42.9 Å². The molecular weight excluding hydrogens is 438 g/mol. The fraction of sp³-hybridized carbons (Fsp3) is 0.273. The van der Waals surface area contributed by atoms with E-state index in [0.29, 0.717) is 12.2 Å². The van der Waals surface area contributed by atoms with Crippen LogP contribution in [0.25, 0.3) is 0 Å². The van der Waals surface area contributed by atoms with Gasteiger partial charge in [-0.25, -0.2) is 19.2 Å². The quantitative estimate of drug-likeness (QED) is 0.336. The third-order valence-electron chi connectivity index (χ3n) is 4.89. The van der Waals surface area contributed by atoms with Crippen molar-refractivity contribution in [2.45, 2.75) is 12.5 Å². The van der Waals surface area contributed by atoms with Crippen molar-refractivity contribution >= 4 is 41.3 Å². The molecule has 33 heavy (non-hydrogen) atoms. The van der Waals surface area contributed by atoms with Gasteiger partial charge >= 0.3 is 23.9 Å². The SMILES string of the molecule is COC(=O)C=C(C(=O)OC)C1(/C(=C\C(=O)OC)C(=O)OC)C(=O)c2ccccc2N1C(C)=O. The zero-order valence-electron chi connectivity index (χ0n) is 18.5. The van der Waals surface area contributed by atoms with Gasteiger partial charge in [0.1, 0.15) is 0 Å². The van der Waals surface area contributed by atoms with Gasteiger partial charge in [0, 0.05) is 24.6 Å². The zero-order chi connectivity index (χ0) is 24.9. The number of amides is 1. The Morgan fingerprint density at radius 1 is 0.788 bits per heavy atom. The maximum Gasteiger partial charge on any atom is 0.337 e. The van der Waals surface area contributed by atoms with Gasteiger partial charge in [0.15, 0.2) is 5.54 Å². The Morgan fingerprint density at radius 3 is 1.64 bits per heavy atom. The molecule has 1 aliphatic rings. The Bertz CT molecular complexity index is 1050. The van der Waals surface area contributed by atoms with Crippen LogP contribution in [-0.4, -0.2) is 69.5 Å². The van der Waals surface area contributed by atoms with Crippen molar-refractivity contribution in [1.82, 2.24) is 0 Å². The van der Waals surface area contributed by atoms with Crippen molar-refractivity contribution in [3.63, 3.8) is 0 Å². The first kappa shape index (κ1) is 25.0. The number of carbonyl (C=O) groups excluding carboxylic acids is 6. The van der Waals surface area contributed by atoms with Crippen LogP contribution < -0.4 is 4.90 Å². The number of hydrogen-bond acceptors (Lipinski definition) is 10. The molecule has 1 aromatic carbocycles. The number of carbonyl (C=O) groups is 6. The summed E-state index contributed by atoms with van der Waals surface area (Å²) >= 11 is 0. The summed E-state index contributed by atoms with van der Waals surface area (Å²) in [6, 6.07) is 5.77. The van der Waals surface area contributed by atoms with E-state index >= 15 is 0 Å². The molecule has 1 aromatic rings. The highest BCUT2D eigenvalue weighted by atomic mass is 16.5. The number of benzene rings is 1. The van der Waals surface area contributed by atoms with Crippen LogP contribution in [0, 0.1) is 0 Å². The van der Waals surface area contributed by atoms with E-state index in [2.05, 4.69) is 9.47 Å². The number of ketones is 1. The number of rotatable bonds is 6. The average molecular weight is 459 g/mol. The molecular formula is C22H21NO10. The number of methoxy groups -OCH3 is 4. The molecule has 1 heterocycles. The maximum absolute atomic E-state index is 13.9. The number of anilines is 1. The van der Waals surface area contributed by atoms with Crippen LogP contribution in [0.5, 0.6) is 0 Å². The van der Waals surface area contributed by atoms with Crippen LogP contribution in [0.3, 0.4) is 0 Å². The highest BCUT2D eigenvalue weighted by Gasteiger charge is 2.62. The lowest BCUT2D eigenvalue weighted by Gasteiger charge is -2.38. The van der Waals surface area contributed by atoms with Crippen molar-refractivity contribution in [2.75, 3.05) is 33.3 Å². The molecule has 174 valence electrons. The molecule has 0 saturated heterocycles. The third kappa shape index (κ3) is 4.12. The molecule has 1 aliphatic heterocycles. The van der Waals surface area contributed by atoms with Crippen LogP contribution in [0.15, 0.2) is 47.6 Å². The summed E-state index contributed by atoms with van der Waals surface area (Å²) in [5.74, 6) is -6.43. The minimum atomic E-state index is -2.64. The van der Waals surface area contributed by atoms with E-state index < -0.39 is 52.3 Å². The molecule has 0 aliphatic carbocycles. The van der Waals surface area contributed by atoms with Gasteiger partial charge in [-0.3, -0.25) is 14.5 Å². The third-order valence-corrected chi connectivity index (χ3v) is 4.89. The molecule has 0 bridgehead atoms. The summed E-state index contributed by atoms with van der Waals surface area (Å²) in [7, 11) is 3.96. The Labute approximate surface area is 188 Å². The van der Waals surface area contributed by atoms with Gasteiger partial charge < -0.3 is 18.9 Å². The van der Waals surface area contributed by atoms with E-state index in [1.807, 2.05) is 0 Å². The fourth-order valence-corrected chi connectivity index (χ4v) is 3.57. The lowest BCUT2D eigenvalue weighted by molar-refractivity contribution is -0.140. The fourth-order valence-electron chi connectivity index (χ4n) is 3.57. The van der Waals surface area contributed by atoms with E-state index in [9.17, 15) is 28.8 Å². The van der Waals surface area contributed by atoms with Gasteiger partial charge in [-0.15, -0.1) is 0 Å². The zero-order valence-corrected chi connectivity index (χ0v) is 18.5. The second-order valence-corrected chi connectivity index (χ2v) is 6.56. The Balaban J connectivity index is 3.17. The molecule has 2 rings (SSSR count). The number of nitrogens with zero attached hydrogens (tertiary/aromatic N) is 1. The highest BCUT2D eigenvalue weighted by molar-refractivity contribution is 6.30. The molecule has 11 heteroatoms. The van der Waals surface area contributed by atoms with Gasteiger partial charge in [-0.1, -0.05) is 12.1 Å². The largest absolute Gasteiger partial charge is 0.466 e. The van der Waals surface area contributed by atoms with Crippen molar-refractivity contribution in [3.8, 4) is 0 Å². The highest BCUT2D eigenvalue weighted by Crippen LogP contribution is 2.48. The number of esters is 4. The monoisotopic (exact) mass is 459 g/mol. The smallest absolute Gasteiger partial charge is 0.337 e. The van der Waals surface area contributed by atoms with Crippen LogP contribution in [0.2, 0.25) is 0 Å². The summed E-state index contributed by atoms with van der Waals surface area (Å²) in [5.41, 5.74) is -4.19. The van der Waals surface area contributed by atoms with Crippen LogP contribution in [0.1, 0.15) is 17.3 Å². The van der Waals surface area contributed by atoms with Crippen LogP contribution in [0.4, 0.5) is 5.69 Å². The summed E-state index contributed by atoms with van der Waals surface area (Å²) < 4.78 is 18.7. The maximum atomic E-state index is 13.9. The van der Waals surface area contributed by atoms with Gasteiger partial charge in [-0.05, 0) is 12.1 Å². The van der Waals surface area contributed by atoms with Crippen molar-refractivity contribution in [2.24, 2.45) is 0 Å². The second-order valence-electron chi connectivity index (χ2n) is 6.56. The Morgan fingerprint density at radius 2 is 1.24 bits per heavy atom. The molecule has 0 saturated carbocycles. The molecule has 1 amide bonds. The van der Waals surface area contributed by atoms with Gasteiger partial charge in [0.05, 0.1) is 45.3 Å². The first-order chi connectivity index (χ1) is 15.6. The average Bonchev–Trinajstić information content (AvgIpc) is 3.08. The second kappa shape index (κ2) is 9.90. The molecule has 11 nitrogen and oxygen atoms in total. The predicted octanol–water partition coefficient (Wildman–Crippen LogP) is 0.519. The summed E-state index contributed by atoms with van der Waals surface area (Å²) in [6.45, 7) is 1.07.